The molecule has 3 aliphatic rings. The molecule has 0 unspecified atom stereocenters. The number of ether oxygens (including phenoxy) is 1. The minimum absolute atomic E-state index is 0.512. The molecule has 0 atom stereocenters. The molecule has 1 saturated heterocycles. The predicted octanol–water partition coefficient (Wildman–Crippen LogP) is 4.73. The number of azo groups is 1. The van der Waals surface area contributed by atoms with E-state index in [0.29, 0.717) is 23.4 Å². The molecule has 0 radical (unpaired) electrons. The standard InChI is InChI=1S/C21H35N5O/c1-2-14-26(13-1)15-16-27-19-5-9-21(10-6-19)7-3-18(4-8-21)17-24-25-20-22-11-12-23-20/h11-12,18-19H,1-10,13-17H2,(H,22,23). The lowest BCUT2D eigenvalue weighted by molar-refractivity contribution is -0.0229. The molecule has 1 aliphatic heterocycles. The van der Waals surface area contributed by atoms with Gasteiger partial charge < -0.3 is 14.6 Å². The summed E-state index contributed by atoms with van der Waals surface area (Å²) < 4.78 is 6.21. The third kappa shape index (κ3) is 5.38. The molecule has 2 heterocycles. The first-order valence-electron chi connectivity index (χ1n) is 11.0. The number of aromatic amines is 1. The molecule has 150 valence electrons. The molecule has 2 aliphatic carbocycles. The van der Waals surface area contributed by atoms with Crippen LogP contribution in [0.5, 0.6) is 0 Å². The van der Waals surface area contributed by atoms with Gasteiger partial charge in [-0.15, -0.1) is 5.11 Å². The van der Waals surface area contributed by atoms with Crippen molar-refractivity contribution in [1.29, 1.82) is 0 Å². The maximum absolute atomic E-state index is 6.21. The van der Waals surface area contributed by atoms with Crippen LogP contribution in [0.1, 0.15) is 64.2 Å². The van der Waals surface area contributed by atoms with E-state index < -0.39 is 0 Å². The van der Waals surface area contributed by atoms with Gasteiger partial charge in [0.1, 0.15) is 0 Å². The van der Waals surface area contributed by atoms with Crippen molar-refractivity contribution >= 4 is 5.95 Å². The van der Waals surface area contributed by atoms with Gasteiger partial charge in [-0.3, -0.25) is 0 Å². The summed E-state index contributed by atoms with van der Waals surface area (Å²) in [6.45, 7) is 5.47. The summed E-state index contributed by atoms with van der Waals surface area (Å²) in [4.78, 5) is 9.61. The Morgan fingerprint density at radius 2 is 1.85 bits per heavy atom. The van der Waals surface area contributed by atoms with E-state index in [-0.39, 0.29) is 0 Å². The fourth-order valence-corrected chi connectivity index (χ4v) is 5.23. The van der Waals surface area contributed by atoms with E-state index in [0.717, 1.165) is 19.7 Å². The fraction of sp³-hybridized carbons (Fsp3) is 0.857. The third-order valence-corrected chi connectivity index (χ3v) is 7.11. The van der Waals surface area contributed by atoms with E-state index in [1.807, 2.05) is 0 Å². The minimum Gasteiger partial charge on any atom is -0.377 e. The Labute approximate surface area is 163 Å². The van der Waals surface area contributed by atoms with E-state index in [1.54, 1.807) is 12.4 Å². The molecule has 27 heavy (non-hydrogen) atoms. The Morgan fingerprint density at radius 3 is 2.56 bits per heavy atom. The van der Waals surface area contributed by atoms with Gasteiger partial charge in [0.05, 0.1) is 19.3 Å². The third-order valence-electron chi connectivity index (χ3n) is 7.11. The first-order chi connectivity index (χ1) is 13.3. The zero-order chi connectivity index (χ0) is 18.4. The van der Waals surface area contributed by atoms with E-state index in [9.17, 15) is 0 Å². The zero-order valence-electron chi connectivity index (χ0n) is 16.6. The summed E-state index contributed by atoms with van der Waals surface area (Å²) in [5, 5.41) is 8.53. The molecule has 1 N–H and O–H groups in total. The van der Waals surface area contributed by atoms with Crippen LogP contribution in [0.25, 0.3) is 0 Å². The number of hydrogen-bond donors (Lipinski definition) is 1. The van der Waals surface area contributed by atoms with Crippen molar-refractivity contribution < 1.29 is 4.74 Å². The summed E-state index contributed by atoms with van der Waals surface area (Å²) in [6.07, 6.45) is 17.4. The molecular weight excluding hydrogens is 338 g/mol. The number of rotatable bonds is 7. The van der Waals surface area contributed by atoms with Crippen molar-refractivity contribution in [3.63, 3.8) is 0 Å². The van der Waals surface area contributed by atoms with Gasteiger partial charge in [-0.2, -0.15) is 5.11 Å². The molecule has 1 spiro atoms. The lowest BCUT2D eigenvalue weighted by Gasteiger charge is -2.44. The molecule has 6 nitrogen and oxygen atoms in total. The van der Waals surface area contributed by atoms with Crippen LogP contribution >= 0.6 is 0 Å². The van der Waals surface area contributed by atoms with Crippen LogP contribution in [0.2, 0.25) is 0 Å². The average Bonchev–Trinajstić information content (AvgIpc) is 3.40. The van der Waals surface area contributed by atoms with Crippen LogP contribution in [0.4, 0.5) is 5.95 Å². The van der Waals surface area contributed by atoms with Gasteiger partial charge >= 0.3 is 0 Å². The van der Waals surface area contributed by atoms with Crippen LogP contribution in [-0.4, -0.2) is 53.8 Å². The van der Waals surface area contributed by atoms with Crippen molar-refractivity contribution in [1.82, 2.24) is 14.9 Å². The predicted molar refractivity (Wildman–Crippen MR) is 106 cm³/mol. The van der Waals surface area contributed by atoms with Gasteiger partial charge in [0.15, 0.2) is 0 Å². The van der Waals surface area contributed by atoms with E-state index in [1.165, 1.54) is 77.3 Å². The van der Waals surface area contributed by atoms with E-state index in [2.05, 4.69) is 25.1 Å². The first-order valence-corrected chi connectivity index (χ1v) is 11.0. The number of imidazole rings is 1. The van der Waals surface area contributed by atoms with Crippen molar-refractivity contribution in [3.8, 4) is 0 Å². The Hall–Kier alpha value is -1.27. The Morgan fingerprint density at radius 1 is 1.11 bits per heavy atom. The van der Waals surface area contributed by atoms with E-state index >= 15 is 0 Å². The molecule has 2 saturated carbocycles. The van der Waals surface area contributed by atoms with Gasteiger partial charge in [-0.25, -0.2) is 4.98 Å². The molecule has 4 rings (SSSR count). The second-order valence-electron chi connectivity index (χ2n) is 8.90. The van der Waals surface area contributed by atoms with Crippen LogP contribution < -0.4 is 0 Å². The van der Waals surface area contributed by atoms with Gasteiger partial charge in [0, 0.05) is 18.9 Å². The van der Waals surface area contributed by atoms with Crippen LogP contribution in [0, 0.1) is 11.3 Å². The molecule has 6 heteroatoms. The Kier molecular flexibility index (Phi) is 6.56. The quantitative estimate of drug-likeness (QED) is 0.703. The van der Waals surface area contributed by atoms with Gasteiger partial charge in [0.2, 0.25) is 5.95 Å². The topological polar surface area (TPSA) is 65.9 Å². The van der Waals surface area contributed by atoms with Crippen molar-refractivity contribution in [2.75, 3.05) is 32.8 Å². The van der Waals surface area contributed by atoms with Crippen molar-refractivity contribution in [2.45, 2.75) is 70.3 Å². The zero-order valence-corrected chi connectivity index (χ0v) is 16.6. The molecule has 1 aromatic rings. The van der Waals surface area contributed by atoms with Gasteiger partial charge in [-0.1, -0.05) is 0 Å². The molecular formula is C21H35N5O. The summed E-state index contributed by atoms with van der Waals surface area (Å²) in [5.74, 6) is 1.31. The van der Waals surface area contributed by atoms with E-state index in [4.69, 9.17) is 4.74 Å². The molecule has 0 aromatic carbocycles. The van der Waals surface area contributed by atoms with Crippen LogP contribution in [0.3, 0.4) is 0 Å². The summed E-state index contributed by atoms with van der Waals surface area (Å²) in [6, 6.07) is 0. The average molecular weight is 374 g/mol. The monoisotopic (exact) mass is 373 g/mol. The number of H-pyrrole nitrogens is 1. The summed E-state index contributed by atoms with van der Waals surface area (Å²) >= 11 is 0. The highest BCUT2D eigenvalue weighted by Crippen LogP contribution is 2.49. The van der Waals surface area contributed by atoms with Crippen molar-refractivity contribution in [3.05, 3.63) is 12.4 Å². The lowest BCUT2D eigenvalue weighted by atomic mass is 9.63. The number of hydrogen-bond acceptors (Lipinski definition) is 5. The number of nitrogens with one attached hydrogen (secondary N) is 1. The number of aromatic nitrogens is 2. The molecule has 1 aromatic heterocycles. The first kappa shape index (κ1) is 19.1. The second kappa shape index (κ2) is 9.28. The normalized spacial score (nSPS) is 32.6. The van der Waals surface area contributed by atoms with Gasteiger partial charge in [-0.05, 0) is 88.6 Å². The summed E-state index contributed by atoms with van der Waals surface area (Å²) in [5.41, 5.74) is 0.601. The minimum atomic E-state index is 0.512. The molecule has 0 bridgehead atoms. The Bertz CT molecular complexity index is 563. The lowest BCUT2D eigenvalue weighted by Crippen LogP contribution is -2.35. The number of nitrogens with zero attached hydrogens (tertiary/aromatic N) is 4. The SMILES string of the molecule is c1c[nH]c(N=NCC2CCC3(CC2)CCC(OCCN2CCCC2)CC3)n1. The smallest absolute Gasteiger partial charge is 0.246 e. The highest BCUT2D eigenvalue weighted by atomic mass is 16.5. The highest BCUT2D eigenvalue weighted by Gasteiger charge is 2.38. The summed E-state index contributed by atoms with van der Waals surface area (Å²) in [7, 11) is 0. The largest absolute Gasteiger partial charge is 0.377 e. The van der Waals surface area contributed by atoms with Crippen LogP contribution in [0.15, 0.2) is 22.6 Å². The molecule has 0 amide bonds. The molecule has 3 fully saturated rings. The van der Waals surface area contributed by atoms with Gasteiger partial charge in [0.25, 0.3) is 0 Å². The van der Waals surface area contributed by atoms with Crippen LogP contribution in [-0.2, 0) is 4.74 Å². The highest BCUT2D eigenvalue weighted by molar-refractivity contribution is 5.10. The fourth-order valence-electron chi connectivity index (χ4n) is 5.23. The second-order valence-corrected chi connectivity index (χ2v) is 8.90. The maximum Gasteiger partial charge on any atom is 0.246 e. The maximum atomic E-state index is 6.21. The number of likely N-dealkylation sites (tertiary alicyclic amines) is 1. The Balaban J connectivity index is 1.12. The van der Waals surface area contributed by atoms with Crippen molar-refractivity contribution in [2.24, 2.45) is 21.6 Å².